The molecule has 5 heteroatoms. The fraction of sp³-hybridized carbons (Fsp3) is 0.300. The molecule has 0 aliphatic carbocycles. The van der Waals surface area contributed by atoms with E-state index in [2.05, 4.69) is 5.32 Å². The molecule has 0 spiro atoms. The van der Waals surface area contributed by atoms with Crippen molar-refractivity contribution in [2.45, 2.75) is 32.6 Å². The number of rotatable bonds is 9. The number of anilines is 1. The lowest BCUT2D eigenvalue weighted by Gasteiger charge is -2.09. The van der Waals surface area contributed by atoms with Crippen LogP contribution in [-0.2, 0) is 16.0 Å². The quantitative estimate of drug-likeness (QED) is 0.680. The van der Waals surface area contributed by atoms with Crippen LogP contribution < -0.4 is 10.1 Å². The van der Waals surface area contributed by atoms with Gasteiger partial charge in [0.2, 0.25) is 5.91 Å². The smallest absolute Gasteiger partial charge is 0.303 e. The van der Waals surface area contributed by atoms with Gasteiger partial charge in [0, 0.05) is 18.5 Å². The third-order valence-electron chi connectivity index (χ3n) is 3.74. The molecule has 0 atom stereocenters. The molecule has 0 unspecified atom stereocenters. The van der Waals surface area contributed by atoms with Gasteiger partial charge in [-0.25, -0.2) is 0 Å². The molecule has 0 radical (unpaired) electrons. The summed E-state index contributed by atoms with van der Waals surface area (Å²) in [5.74, 6) is -0.0686. The molecule has 0 aliphatic heterocycles. The van der Waals surface area contributed by atoms with Crippen molar-refractivity contribution in [3.8, 4) is 5.75 Å². The van der Waals surface area contributed by atoms with Crippen molar-refractivity contribution in [3.63, 3.8) is 0 Å². The second-order valence-corrected chi connectivity index (χ2v) is 5.86. The van der Waals surface area contributed by atoms with Gasteiger partial charge in [0.15, 0.2) is 0 Å². The molecule has 2 rings (SSSR count). The Morgan fingerprint density at radius 3 is 2.64 bits per heavy atom. The van der Waals surface area contributed by atoms with Gasteiger partial charge in [0.1, 0.15) is 5.75 Å². The van der Waals surface area contributed by atoms with Gasteiger partial charge in [-0.05, 0) is 49.1 Å². The van der Waals surface area contributed by atoms with Crippen molar-refractivity contribution in [2.24, 2.45) is 0 Å². The van der Waals surface area contributed by atoms with E-state index < -0.39 is 5.97 Å². The van der Waals surface area contributed by atoms with Gasteiger partial charge in [0.25, 0.3) is 0 Å². The molecule has 0 saturated heterocycles. The Labute approximate surface area is 147 Å². The van der Waals surface area contributed by atoms with E-state index in [-0.39, 0.29) is 12.3 Å². The van der Waals surface area contributed by atoms with Gasteiger partial charge in [-0.15, -0.1) is 0 Å². The molecular weight excluding hydrogens is 318 g/mol. The van der Waals surface area contributed by atoms with Crippen LogP contribution >= 0.6 is 0 Å². The van der Waals surface area contributed by atoms with Crippen LogP contribution in [0.25, 0.3) is 0 Å². The number of carbonyl (C=O) groups is 2. The second kappa shape index (κ2) is 9.47. The van der Waals surface area contributed by atoms with Crippen molar-refractivity contribution in [2.75, 3.05) is 11.9 Å². The highest BCUT2D eigenvalue weighted by Crippen LogP contribution is 2.17. The van der Waals surface area contributed by atoms with Crippen LogP contribution in [0, 0.1) is 6.92 Å². The normalized spacial score (nSPS) is 10.3. The van der Waals surface area contributed by atoms with Crippen LogP contribution in [0.5, 0.6) is 5.75 Å². The molecule has 0 heterocycles. The molecule has 0 aliphatic rings. The molecule has 5 nitrogen and oxygen atoms in total. The Balaban J connectivity index is 1.74. The van der Waals surface area contributed by atoms with Crippen LogP contribution in [0.4, 0.5) is 5.69 Å². The summed E-state index contributed by atoms with van der Waals surface area (Å²) in [7, 11) is 0. The standard InChI is InChI=1S/C20H23NO4/c1-15-6-2-3-9-18(15)25-13-5-10-19(22)21-17-8-4-7-16(14-17)11-12-20(23)24/h2-4,6-9,14H,5,10-13H2,1H3,(H,21,22)(H,23,24). The first-order chi connectivity index (χ1) is 12.0. The van der Waals surface area contributed by atoms with E-state index in [0.717, 1.165) is 16.9 Å². The molecule has 2 aromatic carbocycles. The van der Waals surface area contributed by atoms with E-state index in [1.54, 1.807) is 6.07 Å². The van der Waals surface area contributed by atoms with Crippen molar-refractivity contribution in [1.82, 2.24) is 0 Å². The first-order valence-corrected chi connectivity index (χ1v) is 8.33. The van der Waals surface area contributed by atoms with Gasteiger partial charge >= 0.3 is 5.97 Å². The number of ether oxygens (including phenoxy) is 1. The molecule has 0 fully saturated rings. The summed E-state index contributed by atoms with van der Waals surface area (Å²) < 4.78 is 5.68. The number of hydrogen-bond donors (Lipinski definition) is 2. The van der Waals surface area contributed by atoms with Gasteiger partial charge in [-0.2, -0.15) is 0 Å². The lowest BCUT2D eigenvalue weighted by Crippen LogP contribution is -2.13. The van der Waals surface area contributed by atoms with E-state index in [9.17, 15) is 9.59 Å². The number of amides is 1. The lowest BCUT2D eigenvalue weighted by molar-refractivity contribution is -0.137. The summed E-state index contributed by atoms with van der Waals surface area (Å²) in [5, 5.41) is 11.6. The van der Waals surface area contributed by atoms with E-state index in [0.29, 0.717) is 31.6 Å². The second-order valence-electron chi connectivity index (χ2n) is 5.86. The number of carbonyl (C=O) groups excluding carboxylic acids is 1. The molecule has 0 aromatic heterocycles. The Morgan fingerprint density at radius 1 is 1.08 bits per heavy atom. The number of nitrogens with one attached hydrogen (secondary N) is 1. The molecule has 25 heavy (non-hydrogen) atoms. The minimum Gasteiger partial charge on any atom is -0.493 e. The number of para-hydroxylation sites is 1. The monoisotopic (exact) mass is 341 g/mol. The molecular formula is C20H23NO4. The summed E-state index contributed by atoms with van der Waals surface area (Å²) in [6.45, 7) is 2.47. The molecule has 1 amide bonds. The van der Waals surface area contributed by atoms with E-state index in [4.69, 9.17) is 9.84 Å². The SMILES string of the molecule is Cc1ccccc1OCCCC(=O)Nc1cccc(CCC(=O)O)c1. The Morgan fingerprint density at radius 2 is 1.88 bits per heavy atom. The number of carboxylic acids is 1. The van der Waals surface area contributed by atoms with Gasteiger partial charge < -0.3 is 15.2 Å². The number of hydrogen-bond acceptors (Lipinski definition) is 3. The highest BCUT2D eigenvalue weighted by Gasteiger charge is 2.05. The van der Waals surface area contributed by atoms with Gasteiger partial charge in [-0.3, -0.25) is 9.59 Å². The van der Waals surface area contributed by atoms with Crippen molar-refractivity contribution in [3.05, 3.63) is 59.7 Å². The number of aliphatic carboxylic acids is 1. The largest absolute Gasteiger partial charge is 0.493 e. The maximum absolute atomic E-state index is 12.0. The average Bonchev–Trinajstić information content (AvgIpc) is 2.59. The summed E-state index contributed by atoms with van der Waals surface area (Å²) in [5.41, 5.74) is 2.65. The zero-order valence-electron chi connectivity index (χ0n) is 14.3. The van der Waals surface area contributed by atoms with Crippen LogP contribution in [0.15, 0.2) is 48.5 Å². The first kappa shape index (κ1) is 18.5. The van der Waals surface area contributed by atoms with Crippen molar-refractivity contribution >= 4 is 17.6 Å². The maximum atomic E-state index is 12.0. The zero-order valence-corrected chi connectivity index (χ0v) is 14.3. The van der Waals surface area contributed by atoms with Crippen LogP contribution in [-0.4, -0.2) is 23.6 Å². The van der Waals surface area contributed by atoms with E-state index >= 15 is 0 Å². The Kier molecular flexibility index (Phi) is 7.01. The third-order valence-corrected chi connectivity index (χ3v) is 3.74. The Hall–Kier alpha value is -2.82. The van der Waals surface area contributed by atoms with Crippen molar-refractivity contribution < 1.29 is 19.4 Å². The zero-order chi connectivity index (χ0) is 18.1. The first-order valence-electron chi connectivity index (χ1n) is 8.33. The number of benzene rings is 2. The third kappa shape index (κ3) is 6.67. The highest BCUT2D eigenvalue weighted by molar-refractivity contribution is 5.90. The summed E-state index contributed by atoms with van der Waals surface area (Å²) in [6.07, 6.45) is 1.51. The molecule has 132 valence electrons. The Bertz CT molecular complexity index is 727. The highest BCUT2D eigenvalue weighted by atomic mass is 16.5. The summed E-state index contributed by atoms with van der Waals surface area (Å²) in [4.78, 5) is 22.6. The molecule has 0 bridgehead atoms. The van der Waals surface area contributed by atoms with E-state index in [1.165, 1.54) is 0 Å². The van der Waals surface area contributed by atoms with Crippen LogP contribution in [0.3, 0.4) is 0 Å². The topological polar surface area (TPSA) is 75.6 Å². The molecule has 2 N–H and O–H groups in total. The maximum Gasteiger partial charge on any atom is 0.303 e. The fourth-order valence-corrected chi connectivity index (χ4v) is 2.41. The van der Waals surface area contributed by atoms with Crippen LogP contribution in [0.2, 0.25) is 0 Å². The van der Waals surface area contributed by atoms with Gasteiger partial charge in [0.05, 0.1) is 6.61 Å². The molecule has 2 aromatic rings. The average molecular weight is 341 g/mol. The summed E-state index contributed by atoms with van der Waals surface area (Å²) >= 11 is 0. The number of carboxylic acid groups (broad SMARTS) is 1. The predicted molar refractivity (Wildman–Crippen MR) is 96.9 cm³/mol. The van der Waals surface area contributed by atoms with Gasteiger partial charge in [-0.1, -0.05) is 30.3 Å². The number of aryl methyl sites for hydroxylation is 2. The predicted octanol–water partition coefficient (Wildman–Crippen LogP) is 3.81. The minimum absolute atomic E-state index is 0.0770. The van der Waals surface area contributed by atoms with E-state index in [1.807, 2.05) is 49.4 Å². The summed E-state index contributed by atoms with van der Waals surface area (Å²) in [6, 6.07) is 15.1. The van der Waals surface area contributed by atoms with Crippen LogP contribution in [0.1, 0.15) is 30.4 Å². The fourth-order valence-electron chi connectivity index (χ4n) is 2.41. The molecule has 0 saturated carbocycles. The lowest BCUT2D eigenvalue weighted by atomic mass is 10.1. The minimum atomic E-state index is -0.830. The van der Waals surface area contributed by atoms with Crippen molar-refractivity contribution in [1.29, 1.82) is 0 Å².